The molecule has 0 saturated carbocycles. The lowest BCUT2D eigenvalue weighted by Crippen LogP contribution is -2.40. The summed E-state index contributed by atoms with van der Waals surface area (Å²) in [5.74, 6) is 0.854. The van der Waals surface area contributed by atoms with Crippen LogP contribution in [0.5, 0.6) is 0 Å². The number of rotatable bonds is 2. The Labute approximate surface area is 121 Å². The quantitative estimate of drug-likeness (QED) is 0.701. The highest BCUT2D eigenvalue weighted by Gasteiger charge is 2.26. The van der Waals surface area contributed by atoms with Crippen LogP contribution < -0.4 is 4.90 Å². The Morgan fingerprint density at radius 2 is 2.00 bits per heavy atom. The molecule has 21 heavy (non-hydrogen) atoms. The molecule has 1 aliphatic rings. The summed E-state index contributed by atoms with van der Waals surface area (Å²) in [6.45, 7) is 2.14. The smallest absolute Gasteiger partial charge is 0.200 e. The number of aromatic nitrogens is 5. The van der Waals surface area contributed by atoms with Gasteiger partial charge in [0.25, 0.3) is 0 Å². The molecule has 1 saturated heterocycles. The molecule has 7 heteroatoms. The molecular weight excluding hydrogens is 268 g/mol. The second kappa shape index (κ2) is 5.10. The predicted molar refractivity (Wildman–Crippen MR) is 75.9 cm³/mol. The number of tetrazole rings is 1. The maximum absolute atomic E-state index is 5.64. The van der Waals surface area contributed by atoms with Gasteiger partial charge in [-0.25, -0.2) is 0 Å². The molecule has 0 unspecified atom stereocenters. The lowest BCUT2D eigenvalue weighted by atomic mass is 10.1. The van der Waals surface area contributed by atoms with Crippen molar-refractivity contribution >= 4 is 11.5 Å². The van der Waals surface area contributed by atoms with Crippen LogP contribution in [0.1, 0.15) is 11.6 Å². The van der Waals surface area contributed by atoms with E-state index in [1.165, 1.54) is 10.2 Å². The van der Waals surface area contributed by atoms with Crippen molar-refractivity contribution in [1.29, 1.82) is 0 Å². The molecule has 106 valence electrons. The first kappa shape index (κ1) is 12.2. The van der Waals surface area contributed by atoms with Gasteiger partial charge >= 0.3 is 0 Å². The fourth-order valence-electron chi connectivity index (χ4n) is 2.62. The van der Waals surface area contributed by atoms with E-state index in [0.717, 1.165) is 12.4 Å². The lowest BCUT2D eigenvalue weighted by molar-refractivity contribution is 0.0936. The van der Waals surface area contributed by atoms with E-state index in [0.29, 0.717) is 18.9 Å². The molecule has 0 N–H and O–H groups in total. The fourth-order valence-corrected chi connectivity index (χ4v) is 2.62. The van der Waals surface area contributed by atoms with Crippen LogP contribution >= 0.6 is 0 Å². The maximum atomic E-state index is 5.64. The van der Waals surface area contributed by atoms with Crippen LogP contribution in [0.2, 0.25) is 0 Å². The molecule has 0 amide bonds. The van der Waals surface area contributed by atoms with E-state index in [9.17, 15) is 0 Å². The molecule has 3 aromatic rings. The number of hydrogen-bond donors (Lipinski definition) is 0. The summed E-state index contributed by atoms with van der Waals surface area (Å²) in [7, 11) is 0. The third-order valence-electron chi connectivity index (χ3n) is 3.66. The molecule has 1 fully saturated rings. The maximum Gasteiger partial charge on any atom is 0.200 e. The summed E-state index contributed by atoms with van der Waals surface area (Å²) in [4.78, 5) is 2.24. The molecule has 4 rings (SSSR count). The summed E-state index contributed by atoms with van der Waals surface area (Å²) in [5.41, 5.74) is 1.86. The topological polar surface area (TPSA) is 68.4 Å². The monoisotopic (exact) mass is 282 g/mol. The van der Waals surface area contributed by atoms with E-state index in [4.69, 9.17) is 4.74 Å². The van der Waals surface area contributed by atoms with Crippen LogP contribution in [-0.4, -0.2) is 45.0 Å². The van der Waals surface area contributed by atoms with Crippen LogP contribution in [-0.2, 0) is 4.74 Å². The van der Waals surface area contributed by atoms with E-state index in [2.05, 4.69) is 37.7 Å². The highest BCUT2D eigenvalue weighted by atomic mass is 16.5. The average Bonchev–Trinajstić information content (AvgIpc) is 3.03. The minimum absolute atomic E-state index is 0.154. The molecule has 0 radical (unpaired) electrons. The Kier molecular flexibility index (Phi) is 2.97. The highest BCUT2D eigenvalue weighted by molar-refractivity contribution is 5.47. The Morgan fingerprint density at radius 3 is 2.90 bits per heavy atom. The first-order valence-corrected chi connectivity index (χ1v) is 6.86. The molecule has 1 atom stereocenters. The SMILES string of the molecule is c1ccc([C@@H]2COCCN2c2ccc3nnnn3n2)cc1. The Hall–Kier alpha value is -2.54. The van der Waals surface area contributed by atoms with Crippen molar-refractivity contribution in [2.75, 3.05) is 24.7 Å². The standard InChI is InChI=1S/C14H14N6O/c1-2-4-11(5-3-1)12-10-21-9-8-19(12)14-7-6-13-15-17-18-20(13)16-14/h1-7,12H,8-10H2/t12-/m0/s1. The van der Waals surface area contributed by atoms with Gasteiger partial charge in [-0.15, -0.1) is 14.8 Å². The van der Waals surface area contributed by atoms with Crippen LogP contribution in [0, 0.1) is 0 Å². The minimum Gasteiger partial charge on any atom is -0.377 e. The number of nitrogens with zero attached hydrogens (tertiary/aromatic N) is 6. The van der Waals surface area contributed by atoms with Crippen molar-refractivity contribution in [3.8, 4) is 0 Å². The van der Waals surface area contributed by atoms with Crippen LogP contribution in [0.4, 0.5) is 5.82 Å². The third-order valence-corrected chi connectivity index (χ3v) is 3.66. The number of anilines is 1. The van der Waals surface area contributed by atoms with Crippen molar-refractivity contribution in [3.63, 3.8) is 0 Å². The summed E-state index contributed by atoms with van der Waals surface area (Å²) in [6, 6.07) is 14.3. The molecule has 2 aromatic heterocycles. The van der Waals surface area contributed by atoms with Gasteiger partial charge in [0.05, 0.1) is 19.3 Å². The zero-order valence-electron chi connectivity index (χ0n) is 11.3. The van der Waals surface area contributed by atoms with Crippen LogP contribution in [0.25, 0.3) is 5.65 Å². The number of benzene rings is 1. The Balaban J connectivity index is 1.73. The van der Waals surface area contributed by atoms with Gasteiger partial charge in [0.1, 0.15) is 0 Å². The fraction of sp³-hybridized carbons (Fsp3) is 0.286. The Morgan fingerprint density at radius 1 is 1.10 bits per heavy atom. The van der Waals surface area contributed by atoms with Gasteiger partial charge in [-0.1, -0.05) is 30.3 Å². The zero-order chi connectivity index (χ0) is 14.1. The van der Waals surface area contributed by atoms with E-state index in [1.807, 2.05) is 30.3 Å². The number of fused-ring (bicyclic) bond motifs is 1. The van der Waals surface area contributed by atoms with Gasteiger partial charge in [-0.3, -0.25) is 0 Å². The summed E-state index contributed by atoms with van der Waals surface area (Å²) in [5, 5.41) is 15.8. The van der Waals surface area contributed by atoms with Gasteiger partial charge in [-0.2, -0.15) is 0 Å². The number of hydrogen-bond acceptors (Lipinski definition) is 6. The first-order chi connectivity index (χ1) is 10.4. The molecule has 1 aromatic carbocycles. The normalized spacial score (nSPS) is 19.0. The molecule has 0 spiro atoms. The van der Waals surface area contributed by atoms with Gasteiger partial charge in [0.15, 0.2) is 11.5 Å². The van der Waals surface area contributed by atoms with E-state index in [-0.39, 0.29) is 6.04 Å². The summed E-state index contributed by atoms with van der Waals surface area (Å²) >= 11 is 0. The molecule has 7 nitrogen and oxygen atoms in total. The Bertz CT molecular complexity index is 743. The first-order valence-electron chi connectivity index (χ1n) is 6.86. The van der Waals surface area contributed by atoms with Gasteiger partial charge in [-0.05, 0) is 28.1 Å². The van der Waals surface area contributed by atoms with Gasteiger partial charge in [0.2, 0.25) is 0 Å². The molecular formula is C14H14N6O. The third kappa shape index (κ3) is 2.21. The van der Waals surface area contributed by atoms with Crippen molar-refractivity contribution < 1.29 is 4.74 Å². The van der Waals surface area contributed by atoms with Gasteiger partial charge < -0.3 is 9.64 Å². The van der Waals surface area contributed by atoms with Crippen molar-refractivity contribution in [2.45, 2.75) is 6.04 Å². The number of ether oxygens (including phenoxy) is 1. The predicted octanol–water partition coefficient (Wildman–Crippen LogP) is 1.10. The van der Waals surface area contributed by atoms with Crippen molar-refractivity contribution in [3.05, 3.63) is 48.0 Å². The second-order valence-electron chi connectivity index (χ2n) is 4.91. The summed E-state index contributed by atoms with van der Waals surface area (Å²) < 4.78 is 7.10. The minimum atomic E-state index is 0.154. The van der Waals surface area contributed by atoms with E-state index < -0.39 is 0 Å². The average molecular weight is 282 g/mol. The van der Waals surface area contributed by atoms with E-state index >= 15 is 0 Å². The second-order valence-corrected chi connectivity index (χ2v) is 4.91. The van der Waals surface area contributed by atoms with Crippen molar-refractivity contribution in [1.82, 2.24) is 25.3 Å². The van der Waals surface area contributed by atoms with Crippen LogP contribution in [0.15, 0.2) is 42.5 Å². The largest absolute Gasteiger partial charge is 0.377 e. The highest BCUT2D eigenvalue weighted by Crippen LogP contribution is 2.28. The zero-order valence-corrected chi connectivity index (χ0v) is 11.3. The molecule has 0 aliphatic carbocycles. The number of morpholine rings is 1. The van der Waals surface area contributed by atoms with Crippen molar-refractivity contribution in [2.24, 2.45) is 0 Å². The van der Waals surface area contributed by atoms with Gasteiger partial charge in [0, 0.05) is 6.54 Å². The molecule has 0 bridgehead atoms. The lowest BCUT2D eigenvalue weighted by Gasteiger charge is -2.36. The molecule has 3 heterocycles. The van der Waals surface area contributed by atoms with E-state index in [1.54, 1.807) is 0 Å². The van der Waals surface area contributed by atoms with Crippen LogP contribution in [0.3, 0.4) is 0 Å². The molecule has 1 aliphatic heterocycles. The summed E-state index contributed by atoms with van der Waals surface area (Å²) in [6.07, 6.45) is 0.